The standard InChI is InChI=1S/C14H26N6O/c1-6-20(7-2)13-18-11(15)17-12(19-13)16-9-8-10(21-5)14(9,3)4/h9-10H,6-8H2,1-5H3,(H3,15,16,17,18,19). The van der Waals surface area contributed by atoms with Gasteiger partial charge in [0.25, 0.3) is 0 Å². The summed E-state index contributed by atoms with van der Waals surface area (Å²) in [5.74, 6) is 1.40. The first kappa shape index (κ1) is 15.8. The van der Waals surface area contributed by atoms with E-state index in [1.165, 1.54) is 0 Å². The van der Waals surface area contributed by atoms with Crippen LogP contribution in [0.3, 0.4) is 0 Å². The lowest BCUT2D eigenvalue weighted by Crippen LogP contribution is -2.57. The lowest BCUT2D eigenvalue weighted by atomic mass is 9.64. The maximum atomic E-state index is 5.81. The Morgan fingerprint density at radius 2 is 1.95 bits per heavy atom. The fourth-order valence-electron chi connectivity index (χ4n) is 2.78. The third-order valence-corrected chi connectivity index (χ3v) is 4.45. The van der Waals surface area contributed by atoms with Gasteiger partial charge in [0.15, 0.2) is 0 Å². The SMILES string of the molecule is CCN(CC)c1nc(N)nc(NC2CC(OC)C2(C)C)n1. The Balaban J connectivity index is 2.14. The molecular formula is C14H26N6O. The predicted octanol–water partition coefficient (Wildman–Crippen LogP) is 1.53. The zero-order valence-electron chi connectivity index (χ0n) is 13.6. The smallest absolute Gasteiger partial charge is 0.231 e. The van der Waals surface area contributed by atoms with Crippen LogP contribution in [0.4, 0.5) is 17.8 Å². The van der Waals surface area contributed by atoms with Crippen molar-refractivity contribution in [2.24, 2.45) is 5.41 Å². The number of hydrogen-bond donors (Lipinski definition) is 2. The maximum absolute atomic E-state index is 5.81. The summed E-state index contributed by atoms with van der Waals surface area (Å²) in [6.45, 7) is 10.2. The first-order valence-corrected chi connectivity index (χ1v) is 7.48. The molecule has 0 amide bonds. The molecule has 2 unspecified atom stereocenters. The van der Waals surface area contributed by atoms with Gasteiger partial charge in [0.1, 0.15) is 0 Å². The molecule has 2 rings (SSSR count). The van der Waals surface area contributed by atoms with Crippen LogP contribution in [0, 0.1) is 5.41 Å². The zero-order chi connectivity index (χ0) is 15.6. The van der Waals surface area contributed by atoms with Crippen LogP contribution >= 0.6 is 0 Å². The van der Waals surface area contributed by atoms with E-state index < -0.39 is 0 Å². The summed E-state index contributed by atoms with van der Waals surface area (Å²) in [6, 6.07) is 0.272. The number of methoxy groups -OCH3 is 1. The van der Waals surface area contributed by atoms with E-state index in [4.69, 9.17) is 10.5 Å². The molecule has 7 nitrogen and oxygen atoms in total. The van der Waals surface area contributed by atoms with Gasteiger partial charge in [-0.2, -0.15) is 15.0 Å². The molecule has 0 spiro atoms. The number of nitrogens with one attached hydrogen (secondary N) is 1. The summed E-state index contributed by atoms with van der Waals surface area (Å²) in [5, 5.41) is 3.37. The highest BCUT2D eigenvalue weighted by Crippen LogP contribution is 2.43. The predicted molar refractivity (Wildman–Crippen MR) is 84.4 cm³/mol. The molecule has 1 aliphatic rings. The van der Waals surface area contributed by atoms with Gasteiger partial charge in [0.05, 0.1) is 6.10 Å². The number of aromatic nitrogens is 3. The maximum Gasteiger partial charge on any atom is 0.231 e. The van der Waals surface area contributed by atoms with Crippen LogP contribution in [0.25, 0.3) is 0 Å². The van der Waals surface area contributed by atoms with Gasteiger partial charge in [-0.05, 0) is 20.3 Å². The van der Waals surface area contributed by atoms with Gasteiger partial charge in [-0.3, -0.25) is 0 Å². The lowest BCUT2D eigenvalue weighted by Gasteiger charge is -2.51. The van der Waals surface area contributed by atoms with Crippen molar-refractivity contribution in [2.45, 2.75) is 46.3 Å². The van der Waals surface area contributed by atoms with E-state index >= 15 is 0 Å². The van der Waals surface area contributed by atoms with Crippen molar-refractivity contribution >= 4 is 17.8 Å². The highest BCUT2D eigenvalue weighted by atomic mass is 16.5. The Hall–Kier alpha value is -1.63. The molecule has 1 aliphatic carbocycles. The van der Waals surface area contributed by atoms with Gasteiger partial charge in [0.2, 0.25) is 17.8 Å². The van der Waals surface area contributed by atoms with Crippen molar-refractivity contribution in [3.8, 4) is 0 Å². The molecule has 0 radical (unpaired) electrons. The molecule has 21 heavy (non-hydrogen) atoms. The number of hydrogen-bond acceptors (Lipinski definition) is 7. The van der Waals surface area contributed by atoms with Gasteiger partial charge in [-0.15, -0.1) is 0 Å². The largest absolute Gasteiger partial charge is 0.381 e. The van der Waals surface area contributed by atoms with Crippen LogP contribution in [0.1, 0.15) is 34.1 Å². The van der Waals surface area contributed by atoms with Crippen LogP contribution < -0.4 is 16.0 Å². The minimum absolute atomic E-state index is 0.0471. The van der Waals surface area contributed by atoms with Crippen molar-refractivity contribution in [2.75, 3.05) is 36.1 Å². The quantitative estimate of drug-likeness (QED) is 0.822. The number of nitrogens with two attached hydrogens (primary N) is 1. The molecular weight excluding hydrogens is 268 g/mol. The zero-order valence-corrected chi connectivity index (χ0v) is 13.6. The first-order valence-electron chi connectivity index (χ1n) is 7.48. The summed E-state index contributed by atoms with van der Waals surface area (Å²) < 4.78 is 5.46. The fourth-order valence-corrected chi connectivity index (χ4v) is 2.78. The molecule has 2 atom stereocenters. The summed E-state index contributed by atoms with van der Waals surface area (Å²) in [5.41, 5.74) is 5.86. The second kappa shape index (κ2) is 6.01. The third-order valence-electron chi connectivity index (χ3n) is 4.45. The Bertz CT molecular complexity index is 488. The van der Waals surface area contributed by atoms with E-state index in [0.29, 0.717) is 11.9 Å². The second-order valence-corrected chi connectivity index (χ2v) is 5.97. The monoisotopic (exact) mass is 294 g/mol. The van der Waals surface area contributed by atoms with E-state index in [9.17, 15) is 0 Å². The van der Waals surface area contributed by atoms with Crippen LogP contribution in [-0.2, 0) is 4.74 Å². The number of anilines is 3. The van der Waals surface area contributed by atoms with Crippen molar-refractivity contribution in [3.05, 3.63) is 0 Å². The Morgan fingerprint density at radius 3 is 2.48 bits per heavy atom. The van der Waals surface area contributed by atoms with Gasteiger partial charge in [0, 0.05) is 31.7 Å². The summed E-state index contributed by atoms with van der Waals surface area (Å²) in [7, 11) is 1.75. The van der Waals surface area contributed by atoms with E-state index in [1.807, 2.05) is 4.90 Å². The minimum Gasteiger partial charge on any atom is -0.381 e. The van der Waals surface area contributed by atoms with Gasteiger partial charge in [-0.25, -0.2) is 0 Å². The highest BCUT2D eigenvalue weighted by molar-refractivity contribution is 5.43. The second-order valence-electron chi connectivity index (χ2n) is 5.97. The molecule has 0 aliphatic heterocycles. The van der Waals surface area contributed by atoms with Gasteiger partial charge >= 0.3 is 0 Å². The van der Waals surface area contributed by atoms with Crippen molar-refractivity contribution in [3.63, 3.8) is 0 Å². The normalized spacial score (nSPS) is 23.5. The Labute approximate surface area is 126 Å². The number of ether oxygens (including phenoxy) is 1. The van der Waals surface area contributed by atoms with Crippen LogP contribution in [0.5, 0.6) is 0 Å². The van der Waals surface area contributed by atoms with Crippen molar-refractivity contribution < 1.29 is 4.74 Å². The topological polar surface area (TPSA) is 89.2 Å². The molecule has 0 bridgehead atoms. The summed E-state index contributed by atoms with van der Waals surface area (Å²) in [4.78, 5) is 14.9. The van der Waals surface area contributed by atoms with Crippen molar-refractivity contribution in [1.29, 1.82) is 0 Å². The molecule has 1 aromatic rings. The molecule has 7 heteroatoms. The molecule has 0 saturated heterocycles. The highest BCUT2D eigenvalue weighted by Gasteiger charge is 2.48. The summed E-state index contributed by atoms with van der Waals surface area (Å²) in [6.07, 6.45) is 1.20. The molecule has 1 heterocycles. The fraction of sp³-hybridized carbons (Fsp3) is 0.786. The molecule has 1 fully saturated rings. The van der Waals surface area contributed by atoms with E-state index in [1.54, 1.807) is 7.11 Å². The minimum atomic E-state index is 0.0471. The molecule has 1 saturated carbocycles. The number of rotatable bonds is 6. The van der Waals surface area contributed by atoms with E-state index in [2.05, 4.69) is 48.0 Å². The van der Waals surface area contributed by atoms with Gasteiger partial charge in [-0.1, -0.05) is 13.8 Å². The Morgan fingerprint density at radius 1 is 1.29 bits per heavy atom. The first-order chi connectivity index (χ1) is 9.92. The number of nitrogens with zero attached hydrogens (tertiary/aromatic N) is 4. The molecule has 0 aromatic carbocycles. The molecule has 118 valence electrons. The van der Waals surface area contributed by atoms with Crippen LogP contribution in [0.15, 0.2) is 0 Å². The summed E-state index contributed by atoms with van der Waals surface area (Å²) >= 11 is 0. The van der Waals surface area contributed by atoms with E-state index in [-0.39, 0.29) is 23.5 Å². The van der Waals surface area contributed by atoms with Crippen molar-refractivity contribution in [1.82, 2.24) is 15.0 Å². The average Bonchev–Trinajstić information content (AvgIpc) is 2.44. The Kier molecular flexibility index (Phi) is 4.51. The number of nitrogen functional groups attached to an aromatic ring is 1. The average molecular weight is 294 g/mol. The van der Waals surface area contributed by atoms with Crippen LogP contribution in [0.2, 0.25) is 0 Å². The molecule has 1 aromatic heterocycles. The third kappa shape index (κ3) is 3.02. The van der Waals surface area contributed by atoms with E-state index in [0.717, 1.165) is 19.5 Å². The van der Waals surface area contributed by atoms with Gasteiger partial charge < -0.3 is 20.7 Å². The van der Waals surface area contributed by atoms with Crippen LogP contribution in [-0.4, -0.2) is 47.3 Å². The lowest BCUT2D eigenvalue weighted by molar-refractivity contribution is -0.0796. The molecule has 3 N–H and O–H groups in total.